The summed E-state index contributed by atoms with van der Waals surface area (Å²) in [5, 5.41) is 2.35. The van der Waals surface area contributed by atoms with Gasteiger partial charge in [-0.3, -0.25) is 0 Å². The van der Waals surface area contributed by atoms with Crippen LogP contribution in [0.2, 0.25) is 0 Å². The van der Waals surface area contributed by atoms with Gasteiger partial charge in [-0.1, -0.05) is 0 Å². The van der Waals surface area contributed by atoms with E-state index in [1.165, 1.54) is 12.4 Å². The minimum absolute atomic E-state index is 0.0326. The molecule has 0 atom stereocenters. The fourth-order valence-corrected chi connectivity index (χ4v) is 1.47. The van der Waals surface area contributed by atoms with Gasteiger partial charge < -0.3 is 5.32 Å². The Hall–Kier alpha value is -0.600. The number of hydrogen-bond acceptors (Lipinski definition) is 3. The Labute approximate surface area is 97.6 Å². The summed E-state index contributed by atoms with van der Waals surface area (Å²) in [4.78, 5) is 7.57. The third-order valence-electron chi connectivity index (χ3n) is 2.26. The highest BCUT2D eigenvalue weighted by Gasteiger charge is 2.63. The van der Waals surface area contributed by atoms with Gasteiger partial charge in [0.15, 0.2) is 0 Å². The first-order valence-electron chi connectivity index (χ1n) is 4.25. The van der Waals surface area contributed by atoms with Crippen LogP contribution in [-0.4, -0.2) is 21.7 Å². The summed E-state index contributed by atoms with van der Waals surface area (Å²) in [5.41, 5.74) is -1.79. The average Bonchev–Trinajstić information content (AvgIpc) is 2.89. The van der Waals surface area contributed by atoms with E-state index in [1.807, 2.05) is 22.6 Å². The Morgan fingerprint density at radius 1 is 1.27 bits per heavy atom. The zero-order chi connectivity index (χ0) is 11.1. The summed E-state index contributed by atoms with van der Waals surface area (Å²) < 4.78 is 38.4. The average molecular weight is 329 g/mol. The van der Waals surface area contributed by atoms with Gasteiger partial charge in [-0.15, -0.1) is 0 Å². The van der Waals surface area contributed by atoms with E-state index < -0.39 is 11.7 Å². The maximum Gasteiger partial charge on any atom is 0.411 e. The van der Waals surface area contributed by atoms with E-state index >= 15 is 0 Å². The van der Waals surface area contributed by atoms with Crippen molar-refractivity contribution in [2.24, 2.45) is 0 Å². The second-order valence-electron chi connectivity index (χ2n) is 3.43. The maximum atomic E-state index is 12.5. The Bertz CT molecular complexity index is 358. The number of nitrogens with one attached hydrogen (secondary N) is 1. The maximum absolute atomic E-state index is 12.5. The van der Waals surface area contributed by atoms with E-state index in [-0.39, 0.29) is 18.8 Å². The summed E-state index contributed by atoms with van der Waals surface area (Å²) in [6.07, 6.45) is -1.11. The molecule has 15 heavy (non-hydrogen) atoms. The number of halogens is 4. The zero-order valence-electron chi connectivity index (χ0n) is 7.48. The van der Waals surface area contributed by atoms with Gasteiger partial charge in [-0.2, -0.15) is 13.2 Å². The fourth-order valence-electron chi connectivity index (χ4n) is 1.20. The van der Waals surface area contributed by atoms with Crippen LogP contribution in [0.25, 0.3) is 0 Å². The molecular formula is C8H7F3IN3. The molecule has 1 heterocycles. The molecule has 0 amide bonds. The first kappa shape index (κ1) is 10.9. The van der Waals surface area contributed by atoms with Crippen LogP contribution in [0.3, 0.4) is 0 Å². The van der Waals surface area contributed by atoms with Crippen molar-refractivity contribution in [3.8, 4) is 0 Å². The molecule has 0 bridgehead atoms. The molecule has 0 saturated heterocycles. The van der Waals surface area contributed by atoms with Crippen LogP contribution in [0.4, 0.5) is 19.1 Å². The number of hydrogen-bond donors (Lipinski definition) is 1. The van der Waals surface area contributed by atoms with Gasteiger partial charge in [0.1, 0.15) is 5.54 Å². The van der Waals surface area contributed by atoms with Crippen molar-refractivity contribution in [1.29, 1.82) is 0 Å². The molecule has 82 valence electrons. The molecule has 1 aliphatic carbocycles. The smallest absolute Gasteiger partial charge is 0.340 e. The number of aromatic nitrogens is 2. The van der Waals surface area contributed by atoms with E-state index in [9.17, 15) is 13.2 Å². The lowest BCUT2D eigenvalue weighted by Crippen LogP contribution is -2.39. The molecule has 0 radical (unpaired) electrons. The van der Waals surface area contributed by atoms with Gasteiger partial charge in [-0.05, 0) is 35.4 Å². The summed E-state index contributed by atoms with van der Waals surface area (Å²) in [6.45, 7) is 0. The predicted octanol–water partition coefficient (Wildman–Crippen LogP) is 2.59. The highest BCUT2D eigenvalue weighted by molar-refractivity contribution is 14.1. The number of alkyl halides is 3. The fraction of sp³-hybridized carbons (Fsp3) is 0.500. The van der Waals surface area contributed by atoms with Gasteiger partial charge in [0.05, 0.1) is 0 Å². The normalized spacial score (nSPS) is 18.7. The minimum atomic E-state index is -4.24. The van der Waals surface area contributed by atoms with Crippen LogP contribution < -0.4 is 5.32 Å². The molecule has 0 aromatic carbocycles. The van der Waals surface area contributed by atoms with Gasteiger partial charge in [0, 0.05) is 16.0 Å². The van der Waals surface area contributed by atoms with Crippen LogP contribution in [0.15, 0.2) is 12.4 Å². The molecule has 1 aromatic rings. The Morgan fingerprint density at radius 3 is 2.20 bits per heavy atom. The highest BCUT2D eigenvalue weighted by Crippen LogP contribution is 2.50. The Kier molecular flexibility index (Phi) is 2.52. The quantitative estimate of drug-likeness (QED) is 0.848. The van der Waals surface area contributed by atoms with Gasteiger partial charge in [0.25, 0.3) is 0 Å². The van der Waals surface area contributed by atoms with E-state index in [0.29, 0.717) is 0 Å². The van der Waals surface area contributed by atoms with Crippen molar-refractivity contribution in [2.75, 3.05) is 5.32 Å². The van der Waals surface area contributed by atoms with Crippen molar-refractivity contribution in [3.05, 3.63) is 16.0 Å². The topological polar surface area (TPSA) is 37.8 Å². The minimum Gasteiger partial charge on any atom is -0.340 e. The molecule has 2 rings (SSSR count). The zero-order valence-corrected chi connectivity index (χ0v) is 9.63. The van der Waals surface area contributed by atoms with Crippen LogP contribution >= 0.6 is 22.6 Å². The van der Waals surface area contributed by atoms with Gasteiger partial charge >= 0.3 is 6.18 Å². The first-order chi connectivity index (χ1) is 6.93. The molecule has 7 heteroatoms. The van der Waals surface area contributed by atoms with Crippen molar-refractivity contribution >= 4 is 28.5 Å². The van der Waals surface area contributed by atoms with Gasteiger partial charge in [0.2, 0.25) is 5.95 Å². The second kappa shape index (κ2) is 3.46. The van der Waals surface area contributed by atoms with Crippen LogP contribution in [0.1, 0.15) is 12.8 Å². The summed E-state index contributed by atoms with van der Waals surface area (Å²) in [7, 11) is 0. The molecular weight excluding hydrogens is 322 g/mol. The standard InChI is InChI=1S/C8H7F3IN3/c9-8(10,11)7(1-2-7)15-6-13-3-5(12)4-14-6/h3-4H,1-2H2,(H,13,14,15). The molecule has 1 N–H and O–H groups in total. The van der Waals surface area contributed by atoms with Crippen molar-refractivity contribution in [2.45, 2.75) is 24.6 Å². The predicted molar refractivity (Wildman–Crippen MR) is 56.4 cm³/mol. The van der Waals surface area contributed by atoms with Gasteiger partial charge in [-0.25, -0.2) is 9.97 Å². The van der Waals surface area contributed by atoms with E-state index in [0.717, 1.165) is 3.57 Å². The molecule has 1 saturated carbocycles. The highest BCUT2D eigenvalue weighted by atomic mass is 127. The summed E-state index contributed by atoms with van der Waals surface area (Å²) in [5.74, 6) is 0.0326. The lowest BCUT2D eigenvalue weighted by atomic mass is 10.3. The van der Waals surface area contributed by atoms with Crippen LogP contribution in [-0.2, 0) is 0 Å². The molecule has 1 aromatic heterocycles. The Morgan fingerprint density at radius 2 is 1.80 bits per heavy atom. The van der Waals surface area contributed by atoms with Crippen LogP contribution in [0, 0.1) is 3.57 Å². The van der Waals surface area contributed by atoms with Crippen molar-refractivity contribution in [3.63, 3.8) is 0 Å². The lowest BCUT2D eigenvalue weighted by Gasteiger charge is -2.20. The molecule has 0 spiro atoms. The molecule has 3 nitrogen and oxygen atoms in total. The molecule has 0 aliphatic heterocycles. The lowest BCUT2D eigenvalue weighted by molar-refractivity contribution is -0.151. The summed E-state index contributed by atoms with van der Waals surface area (Å²) >= 11 is 1.99. The third kappa shape index (κ3) is 2.16. The van der Waals surface area contributed by atoms with Crippen molar-refractivity contribution in [1.82, 2.24) is 9.97 Å². The van der Waals surface area contributed by atoms with E-state index in [1.54, 1.807) is 0 Å². The van der Waals surface area contributed by atoms with Crippen molar-refractivity contribution < 1.29 is 13.2 Å². The van der Waals surface area contributed by atoms with Crippen LogP contribution in [0.5, 0.6) is 0 Å². The second-order valence-corrected chi connectivity index (χ2v) is 4.68. The largest absolute Gasteiger partial charge is 0.411 e. The number of nitrogens with zero attached hydrogens (tertiary/aromatic N) is 2. The number of rotatable bonds is 2. The SMILES string of the molecule is FC(F)(F)C1(Nc2ncc(I)cn2)CC1. The third-order valence-corrected chi connectivity index (χ3v) is 2.82. The molecule has 1 fully saturated rings. The Balaban J connectivity index is 2.13. The summed E-state index contributed by atoms with van der Waals surface area (Å²) in [6, 6.07) is 0. The molecule has 0 unspecified atom stereocenters. The molecule has 1 aliphatic rings. The first-order valence-corrected chi connectivity index (χ1v) is 5.33. The number of anilines is 1. The van der Waals surface area contributed by atoms with E-state index in [2.05, 4.69) is 15.3 Å². The van der Waals surface area contributed by atoms with E-state index in [4.69, 9.17) is 0 Å². The monoisotopic (exact) mass is 329 g/mol.